The number of benzene rings is 2. The molecule has 0 radical (unpaired) electrons. The van der Waals surface area contributed by atoms with Gasteiger partial charge in [-0.2, -0.15) is 0 Å². The first-order chi connectivity index (χ1) is 14.1. The van der Waals surface area contributed by atoms with Crippen molar-refractivity contribution in [3.8, 4) is 17.0 Å². The summed E-state index contributed by atoms with van der Waals surface area (Å²) < 4.78 is 11.2. The Morgan fingerprint density at radius 3 is 2.66 bits per heavy atom. The van der Waals surface area contributed by atoms with E-state index in [2.05, 4.69) is 10.3 Å². The van der Waals surface area contributed by atoms with Crippen LogP contribution in [-0.4, -0.2) is 10.9 Å². The van der Waals surface area contributed by atoms with E-state index in [1.54, 1.807) is 36.4 Å². The maximum absolute atomic E-state index is 12.4. The summed E-state index contributed by atoms with van der Waals surface area (Å²) >= 11 is 13.3. The van der Waals surface area contributed by atoms with Crippen LogP contribution in [0.2, 0.25) is 10.0 Å². The predicted octanol–water partition coefficient (Wildman–Crippen LogP) is 6.54. The van der Waals surface area contributed by atoms with Crippen LogP contribution in [0.4, 0.5) is 5.13 Å². The van der Waals surface area contributed by atoms with E-state index >= 15 is 0 Å². The summed E-state index contributed by atoms with van der Waals surface area (Å²) in [6.07, 6.45) is 0. The third-order valence-corrected chi connectivity index (χ3v) is 5.28. The molecule has 0 fully saturated rings. The Bertz CT molecular complexity index is 1140. The Morgan fingerprint density at radius 2 is 1.86 bits per heavy atom. The number of carbonyl (C=O) groups excluding carboxylic acids is 1. The zero-order valence-corrected chi connectivity index (χ0v) is 17.2. The summed E-state index contributed by atoms with van der Waals surface area (Å²) in [5, 5.41) is 6.25. The molecule has 0 aliphatic rings. The lowest BCUT2D eigenvalue weighted by Gasteiger charge is -2.05. The number of ether oxygens (including phenoxy) is 1. The van der Waals surface area contributed by atoms with E-state index in [0.717, 1.165) is 11.3 Å². The largest absolute Gasteiger partial charge is 0.484 e. The van der Waals surface area contributed by atoms with Gasteiger partial charge in [0.15, 0.2) is 10.9 Å². The SMILES string of the molecule is O=C(Nc1nc(-c2ccc(Cl)cc2)cs1)c1ccc(COc2ccccc2Cl)o1. The second kappa shape index (κ2) is 8.69. The van der Waals surface area contributed by atoms with Gasteiger partial charge in [0.25, 0.3) is 5.91 Å². The number of halogens is 2. The predicted molar refractivity (Wildman–Crippen MR) is 115 cm³/mol. The van der Waals surface area contributed by atoms with Gasteiger partial charge in [0.1, 0.15) is 18.1 Å². The Balaban J connectivity index is 1.38. The van der Waals surface area contributed by atoms with Crippen molar-refractivity contribution in [1.82, 2.24) is 4.98 Å². The minimum Gasteiger partial charge on any atom is -0.484 e. The number of hydrogen-bond acceptors (Lipinski definition) is 5. The van der Waals surface area contributed by atoms with Gasteiger partial charge in [0.05, 0.1) is 10.7 Å². The third kappa shape index (κ3) is 4.79. The third-order valence-electron chi connectivity index (χ3n) is 3.96. The number of rotatable bonds is 6. The topological polar surface area (TPSA) is 64.4 Å². The van der Waals surface area contributed by atoms with Crippen molar-refractivity contribution in [2.75, 3.05) is 5.32 Å². The lowest BCUT2D eigenvalue weighted by atomic mass is 10.2. The summed E-state index contributed by atoms with van der Waals surface area (Å²) in [6.45, 7) is 0.162. The number of hydrogen-bond donors (Lipinski definition) is 1. The lowest BCUT2D eigenvalue weighted by molar-refractivity contribution is 0.0992. The molecule has 1 amide bonds. The fourth-order valence-electron chi connectivity index (χ4n) is 2.53. The van der Waals surface area contributed by atoms with Gasteiger partial charge in [-0.15, -0.1) is 11.3 Å². The van der Waals surface area contributed by atoms with Crippen LogP contribution >= 0.6 is 34.5 Å². The number of aromatic nitrogens is 1. The minimum atomic E-state index is -0.383. The van der Waals surface area contributed by atoms with Crippen LogP contribution in [0.1, 0.15) is 16.3 Å². The molecule has 0 unspecified atom stereocenters. The van der Waals surface area contributed by atoms with Crippen LogP contribution in [0, 0.1) is 0 Å². The Labute approximate surface area is 180 Å². The van der Waals surface area contributed by atoms with E-state index < -0.39 is 0 Å². The number of anilines is 1. The standard InChI is InChI=1S/C21H14Cl2N2O3S/c22-14-7-5-13(6-8-14)17-12-29-21(24-17)25-20(26)19-10-9-15(28-19)11-27-18-4-2-1-3-16(18)23/h1-10,12H,11H2,(H,24,25,26). The molecule has 29 heavy (non-hydrogen) atoms. The van der Waals surface area contributed by atoms with Crippen molar-refractivity contribution in [3.05, 3.63) is 87.6 Å². The maximum atomic E-state index is 12.4. The molecule has 0 saturated heterocycles. The van der Waals surface area contributed by atoms with E-state index in [0.29, 0.717) is 26.7 Å². The molecule has 0 aliphatic carbocycles. The first-order valence-corrected chi connectivity index (χ1v) is 10.2. The molecule has 0 aliphatic heterocycles. The van der Waals surface area contributed by atoms with Gasteiger partial charge >= 0.3 is 0 Å². The normalized spacial score (nSPS) is 10.7. The molecule has 4 aromatic rings. The van der Waals surface area contributed by atoms with E-state index in [9.17, 15) is 4.79 Å². The van der Waals surface area contributed by atoms with Crippen molar-refractivity contribution >= 4 is 45.6 Å². The van der Waals surface area contributed by atoms with Gasteiger partial charge in [0, 0.05) is 16.0 Å². The van der Waals surface area contributed by atoms with Gasteiger partial charge in [-0.3, -0.25) is 10.1 Å². The number of amides is 1. The van der Waals surface area contributed by atoms with Gasteiger partial charge in [-0.1, -0.05) is 47.5 Å². The van der Waals surface area contributed by atoms with Crippen molar-refractivity contribution < 1.29 is 13.9 Å². The number of para-hydroxylation sites is 1. The summed E-state index contributed by atoms with van der Waals surface area (Å²) in [6, 6.07) is 17.8. The molecule has 146 valence electrons. The first kappa shape index (κ1) is 19.5. The van der Waals surface area contributed by atoms with Crippen LogP contribution in [-0.2, 0) is 6.61 Å². The average Bonchev–Trinajstić information content (AvgIpc) is 3.38. The monoisotopic (exact) mass is 444 g/mol. The molecule has 2 aromatic carbocycles. The van der Waals surface area contributed by atoms with Crippen LogP contribution in [0.5, 0.6) is 5.75 Å². The summed E-state index contributed by atoms with van der Waals surface area (Å²) in [5.41, 5.74) is 1.68. The van der Waals surface area contributed by atoms with Crippen molar-refractivity contribution in [2.24, 2.45) is 0 Å². The van der Waals surface area contributed by atoms with Crippen LogP contribution in [0.15, 0.2) is 70.5 Å². The molecule has 0 saturated carbocycles. The molecule has 4 rings (SSSR count). The minimum absolute atomic E-state index is 0.162. The second-order valence-corrected chi connectivity index (χ2v) is 7.69. The van der Waals surface area contributed by atoms with Gasteiger partial charge in [-0.25, -0.2) is 4.98 Å². The summed E-state index contributed by atoms with van der Waals surface area (Å²) in [4.78, 5) is 16.9. The second-order valence-electron chi connectivity index (χ2n) is 5.98. The summed E-state index contributed by atoms with van der Waals surface area (Å²) in [7, 11) is 0. The van der Waals surface area contributed by atoms with Gasteiger partial charge < -0.3 is 9.15 Å². The highest BCUT2D eigenvalue weighted by Gasteiger charge is 2.14. The number of thiazole rings is 1. The number of nitrogens with zero attached hydrogens (tertiary/aromatic N) is 1. The Kier molecular flexibility index (Phi) is 5.85. The molecule has 8 heteroatoms. The zero-order chi connectivity index (χ0) is 20.2. The number of carbonyl (C=O) groups is 1. The molecule has 1 N–H and O–H groups in total. The van der Waals surface area contributed by atoms with E-state index in [4.69, 9.17) is 32.4 Å². The highest BCUT2D eigenvalue weighted by atomic mass is 35.5. The Hall–Kier alpha value is -2.80. The van der Waals surface area contributed by atoms with Crippen LogP contribution in [0.3, 0.4) is 0 Å². The first-order valence-electron chi connectivity index (χ1n) is 8.57. The average molecular weight is 445 g/mol. The number of nitrogens with one attached hydrogen (secondary N) is 1. The lowest BCUT2D eigenvalue weighted by Crippen LogP contribution is -2.10. The van der Waals surface area contributed by atoms with Gasteiger partial charge in [0.2, 0.25) is 0 Å². The maximum Gasteiger partial charge on any atom is 0.293 e. The fourth-order valence-corrected chi connectivity index (χ4v) is 3.56. The van der Waals surface area contributed by atoms with Crippen molar-refractivity contribution in [1.29, 1.82) is 0 Å². The molecule has 0 atom stereocenters. The summed E-state index contributed by atoms with van der Waals surface area (Å²) in [5.74, 6) is 0.849. The fraction of sp³-hybridized carbons (Fsp3) is 0.0476. The van der Waals surface area contributed by atoms with Gasteiger partial charge in [-0.05, 0) is 36.4 Å². The molecule has 0 bridgehead atoms. The molecular formula is C21H14Cl2N2O3S. The molecule has 5 nitrogen and oxygen atoms in total. The Morgan fingerprint density at radius 1 is 1.07 bits per heavy atom. The zero-order valence-electron chi connectivity index (χ0n) is 14.9. The van der Waals surface area contributed by atoms with Crippen LogP contribution < -0.4 is 10.1 Å². The smallest absolute Gasteiger partial charge is 0.293 e. The molecule has 2 aromatic heterocycles. The molecule has 0 spiro atoms. The van der Waals surface area contributed by atoms with Crippen molar-refractivity contribution in [3.63, 3.8) is 0 Å². The molecular weight excluding hydrogens is 431 g/mol. The van der Waals surface area contributed by atoms with Crippen molar-refractivity contribution in [2.45, 2.75) is 6.61 Å². The highest BCUT2D eigenvalue weighted by Crippen LogP contribution is 2.27. The quantitative estimate of drug-likeness (QED) is 0.366. The number of furan rings is 1. The van der Waals surface area contributed by atoms with E-state index in [1.165, 1.54) is 11.3 Å². The van der Waals surface area contributed by atoms with E-state index in [1.807, 2.05) is 29.6 Å². The highest BCUT2D eigenvalue weighted by molar-refractivity contribution is 7.14. The van der Waals surface area contributed by atoms with Crippen LogP contribution in [0.25, 0.3) is 11.3 Å². The molecule has 2 heterocycles. The van der Waals surface area contributed by atoms with E-state index in [-0.39, 0.29) is 18.3 Å².